The van der Waals surface area contributed by atoms with Crippen LogP contribution in [0.1, 0.15) is 57.3 Å². The Morgan fingerprint density at radius 3 is 2.90 bits per heavy atom. The van der Waals surface area contributed by atoms with Crippen LogP contribution < -0.4 is 5.32 Å². The number of carbonyl (C=O) groups excluding carboxylic acids is 1. The predicted molar refractivity (Wildman–Crippen MR) is 109 cm³/mol. The Bertz CT molecular complexity index is 965. The SMILES string of the molecule is CCCNC(=O)[C@@H]1CCCN(S(=O)(=O)c2cc(-c3noc(C4CCC4)n3)cs2)C1. The van der Waals surface area contributed by atoms with Gasteiger partial charge in [0.05, 0.1) is 5.92 Å². The Kier molecular flexibility index (Phi) is 6.03. The fourth-order valence-electron chi connectivity index (χ4n) is 3.64. The van der Waals surface area contributed by atoms with Crippen molar-refractivity contribution < 1.29 is 17.7 Å². The molecule has 2 aromatic heterocycles. The summed E-state index contributed by atoms with van der Waals surface area (Å²) in [6, 6.07) is 1.61. The second-order valence-electron chi connectivity index (χ2n) is 7.73. The van der Waals surface area contributed by atoms with Crippen molar-refractivity contribution in [1.29, 1.82) is 0 Å². The molecule has 0 aromatic carbocycles. The number of nitrogens with one attached hydrogen (secondary N) is 1. The molecule has 158 valence electrons. The van der Waals surface area contributed by atoms with E-state index in [4.69, 9.17) is 4.52 Å². The van der Waals surface area contributed by atoms with Gasteiger partial charge in [0, 0.05) is 36.5 Å². The predicted octanol–water partition coefficient (Wildman–Crippen LogP) is 2.99. The molecule has 1 atom stereocenters. The smallest absolute Gasteiger partial charge is 0.252 e. The van der Waals surface area contributed by atoms with E-state index in [0.29, 0.717) is 49.1 Å². The molecular formula is C19H26N4O4S2. The van der Waals surface area contributed by atoms with Gasteiger partial charge in [-0.15, -0.1) is 11.3 Å². The molecule has 8 nitrogen and oxygen atoms in total. The molecule has 1 amide bonds. The summed E-state index contributed by atoms with van der Waals surface area (Å²) in [4.78, 5) is 16.7. The molecule has 0 spiro atoms. The maximum absolute atomic E-state index is 13.1. The fourth-order valence-corrected chi connectivity index (χ4v) is 6.47. The number of rotatable bonds is 7. The molecule has 2 aliphatic rings. The molecule has 1 saturated heterocycles. The molecule has 29 heavy (non-hydrogen) atoms. The highest BCUT2D eigenvalue weighted by molar-refractivity contribution is 7.91. The Hall–Kier alpha value is -1.78. The number of aromatic nitrogens is 2. The van der Waals surface area contributed by atoms with Crippen molar-refractivity contribution in [3.63, 3.8) is 0 Å². The topological polar surface area (TPSA) is 105 Å². The van der Waals surface area contributed by atoms with Crippen LogP contribution in [0.4, 0.5) is 0 Å². The van der Waals surface area contributed by atoms with E-state index in [1.54, 1.807) is 11.4 Å². The molecule has 1 saturated carbocycles. The molecule has 2 fully saturated rings. The summed E-state index contributed by atoms with van der Waals surface area (Å²) in [6.45, 7) is 3.26. The molecule has 2 aromatic rings. The van der Waals surface area contributed by atoms with Crippen LogP contribution in [0, 0.1) is 5.92 Å². The van der Waals surface area contributed by atoms with Crippen molar-refractivity contribution in [3.8, 4) is 11.4 Å². The highest BCUT2D eigenvalue weighted by Crippen LogP contribution is 2.37. The van der Waals surface area contributed by atoms with Gasteiger partial charge in [0.15, 0.2) is 0 Å². The average Bonchev–Trinajstić information content (AvgIpc) is 3.35. The summed E-state index contributed by atoms with van der Waals surface area (Å²) in [5, 5.41) is 8.64. The van der Waals surface area contributed by atoms with Gasteiger partial charge < -0.3 is 9.84 Å². The van der Waals surface area contributed by atoms with Crippen LogP contribution in [-0.4, -0.2) is 48.4 Å². The first kappa shape index (κ1) is 20.5. The summed E-state index contributed by atoms with van der Waals surface area (Å²) >= 11 is 1.15. The number of piperidine rings is 1. The van der Waals surface area contributed by atoms with Crippen molar-refractivity contribution in [2.45, 2.75) is 55.6 Å². The molecule has 4 rings (SSSR count). The number of amides is 1. The van der Waals surface area contributed by atoms with E-state index in [0.717, 1.165) is 30.6 Å². The zero-order valence-corrected chi connectivity index (χ0v) is 18.1. The number of nitrogens with zero attached hydrogens (tertiary/aromatic N) is 3. The molecule has 0 bridgehead atoms. The quantitative estimate of drug-likeness (QED) is 0.712. The first-order chi connectivity index (χ1) is 14.0. The van der Waals surface area contributed by atoms with E-state index >= 15 is 0 Å². The molecule has 1 aliphatic carbocycles. The maximum Gasteiger partial charge on any atom is 0.252 e. The average molecular weight is 439 g/mol. The zero-order valence-electron chi connectivity index (χ0n) is 16.5. The lowest BCUT2D eigenvalue weighted by Crippen LogP contribution is -2.45. The van der Waals surface area contributed by atoms with Crippen molar-refractivity contribution in [3.05, 3.63) is 17.3 Å². The Morgan fingerprint density at radius 2 is 2.17 bits per heavy atom. The van der Waals surface area contributed by atoms with Crippen LogP contribution in [0.2, 0.25) is 0 Å². The van der Waals surface area contributed by atoms with Gasteiger partial charge >= 0.3 is 0 Å². The summed E-state index contributed by atoms with van der Waals surface area (Å²) < 4.78 is 33.3. The van der Waals surface area contributed by atoms with Crippen LogP contribution in [0.3, 0.4) is 0 Å². The minimum atomic E-state index is -3.65. The Balaban J connectivity index is 1.47. The zero-order chi connectivity index (χ0) is 20.4. The van der Waals surface area contributed by atoms with Gasteiger partial charge in [0.2, 0.25) is 17.6 Å². The van der Waals surface area contributed by atoms with Crippen LogP contribution in [0.15, 0.2) is 20.2 Å². The molecular weight excluding hydrogens is 412 g/mol. The van der Waals surface area contributed by atoms with Gasteiger partial charge in [-0.1, -0.05) is 18.5 Å². The maximum atomic E-state index is 13.1. The highest BCUT2D eigenvalue weighted by atomic mass is 32.2. The third-order valence-electron chi connectivity index (χ3n) is 5.63. The summed E-state index contributed by atoms with van der Waals surface area (Å²) in [5.74, 6) is 1.04. The Morgan fingerprint density at radius 1 is 1.34 bits per heavy atom. The highest BCUT2D eigenvalue weighted by Gasteiger charge is 2.34. The van der Waals surface area contributed by atoms with Gasteiger partial charge in [-0.05, 0) is 38.2 Å². The first-order valence-corrected chi connectivity index (χ1v) is 12.5. The second-order valence-corrected chi connectivity index (χ2v) is 10.8. The van der Waals surface area contributed by atoms with E-state index in [1.165, 1.54) is 10.7 Å². The van der Waals surface area contributed by atoms with Crippen molar-refractivity contribution in [2.75, 3.05) is 19.6 Å². The third-order valence-corrected chi connectivity index (χ3v) is 8.91. The normalized spacial score (nSPS) is 21.1. The fraction of sp³-hybridized carbons (Fsp3) is 0.632. The van der Waals surface area contributed by atoms with E-state index < -0.39 is 10.0 Å². The van der Waals surface area contributed by atoms with Crippen LogP contribution in [0.25, 0.3) is 11.4 Å². The van der Waals surface area contributed by atoms with Crippen molar-refractivity contribution in [1.82, 2.24) is 19.8 Å². The number of hydrogen-bond donors (Lipinski definition) is 1. The van der Waals surface area contributed by atoms with Gasteiger partial charge in [-0.3, -0.25) is 4.79 Å². The van der Waals surface area contributed by atoms with E-state index in [2.05, 4.69) is 15.5 Å². The van der Waals surface area contributed by atoms with Gasteiger partial charge in [-0.25, -0.2) is 8.42 Å². The lowest BCUT2D eigenvalue weighted by molar-refractivity contribution is -0.126. The van der Waals surface area contributed by atoms with Crippen molar-refractivity contribution in [2.24, 2.45) is 5.92 Å². The minimum Gasteiger partial charge on any atom is -0.356 e. The van der Waals surface area contributed by atoms with Crippen LogP contribution in [0.5, 0.6) is 0 Å². The minimum absolute atomic E-state index is 0.0612. The summed E-state index contributed by atoms with van der Waals surface area (Å²) in [7, 11) is -3.65. The molecule has 3 heterocycles. The third kappa shape index (κ3) is 4.24. The lowest BCUT2D eigenvalue weighted by Gasteiger charge is -2.30. The van der Waals surface area contributed by atoms with E-state index in [9.17, 15) is 13.2 Å². The van der Waals surface area contributed by atoms with Crippen LogP contribution in [-0.2, 0) is 14.8 Å². The molecule has 1 N–H and O–H groups in total. The lowest BCUT2D eigenvalue weighted by atomic mass is 9.85. The summed E-state index contributed by atoms with van der Waals surface area (Å²) in [6.07, 6.45) is 5.55. The monoisotopic (exact) mass is 438 g/mol. The standard InChI is InChI=1S/C19H26N4O4S2/c1-2-8-20-18(24)14-7-4-9-23(11-14)29(25,26)16-10-15(12-28-16)17-21-19(27-22-17)13-5-3-6-13/h10,12-14H,2-9,11H2,1H3,(H,20,24)/t14-/m1/s1. The number of thiophene rings is 1. The molecule has 0 radical (unpaired) electrons. The van der Waals surface area contributed by atoms with E-state index in [-0.39, 0.29) is 22.6 Å². The van der Waals surface area contributed by atoms with Gasteiger partial charge in [0.25, 0.3) is 10.0 Å². The van der Waals surface area contributed by atoms with E-state index in [1.807, 2.05) is 6.92 Å². The first-order valence-electron chi connectivity index (χ1n) is 10.2. The van der Waals surface area contributed by atoms with Gasteiger partial charge in [-0.2, -0.15) is 9.29 Å². The second kappa shape index (κ2) is 8.53. The molecule has 10 heteroatoms. The Labute approximate surface area is 174 Å². The number of hydrogen-bond acceptors (Lipinski definition) is 7. The molecule has 0 unspecified atom stereocenters. The largest absolute Gasteiger partial charge is 0.356 e. The van der Waals surface area contributed by atoms with Crippen molar-refractivity contribution >= 4 is 27.3 Å². The number of carbonyl (C=O) groups is 1. The number of sulfonamides is 1. The van der Waals surface area contributed by atoms with Gasteiger partial charge in [0.1, 0.15) is 4.21 Å². The molecule has 1 aliphatic heterocycles. The van der Waals surface area contributed by atoms with Crippen LogP contribution >= 0.6 is 11.3 Å². The summed E-state index contributed by atoms with van der Waals surface area (Å²) in [5.41, 5.74) is 0.650.